The Bertz CT molecular complexity index is 343. The summed E-state index contributed by atoms with van der Waals surface area (Å²) in [5, 5.41) is 9.59. The Labute approximate surface area is 111 Å². The molecule has 0 saturated carbocycles. The van der Waals surface area contributed by atoms with Crippen LogP contribution in [0.4, 0.5) is 0 Å². The van der Waals surface area contributed by atoms with Crippen molar-refractivity contribution >= 4 is 29.1 Å². The molecule has 0 aliphatic carbocycles. The molecular weight excluding hydrogens is 250 g/mol. The highest BCUT2D eigenvalue weighted by Crippen LogP contribution is 2.25. The fraction of sp³-hybridized carbons (Fsp3) is 0.583. The molecule has 17 heavy (non-hydrogen) atoms. The lowest BCUT2D eigenvalue weighted by atomic mass is 10.2. The lowest BCUT2D eigenvalue weighted by molar-refractivity contribution is 0.727. The zero-order valence-corrected chi connectivity index (χ0v) is 11.7. The Hall–Kier alpha value is -0.680. The summed E-state index contributed by atoms with van der Waals surface area (Å²) in [6.45, 7) is 1.88. The molecule has 1 aliphatic heterocycles. The molecule has 0 radical (unpaired) electrons. The van der Waals surface area contributed by atoms with Gasteiger partial charge >= 0.3 is 0 Å². The molecule has 3 nitrogen and oxygen atoms in total. The van der Waals surface area contributed by atoms with Gasteiger partial charge in [-0.15, -0.1) is 11.3 Å². The molecule has 94 valence electrons. The number of guanidine groups is 1. The molecule has 1 unspecified atom stereocenters. The van der Waals surface area contributed by atoms with Gasteiger partial charge in [-0.1, -0.05) is 6.07 Å². The number of nitrogens with one attached hydrogen (secondary N) is 2. The maximum absolute atomic E-state index is 4.24. The highest BCUT2D eigenvalue weighted by Gasteiger charge is 2.15. The van der Waals surface area contributed by atoms with Crippen LogP contribution < -0.4 is 10.6 Å². The van der Waals surface area contributed by atoms with Crippen molar-refractivity contribution in [2.45, 2.75) is 24.6 Å². The van der Waals surface area contributed by atoms with Gasteiger partial charge in [0, 0.05) is 23.7 Å². The van der Waals surface area contributed by atoms with Crippen LogP contribution >= 0.6 is 23.1 Å². The van der Waals surface area contributed by atoms with E-state index in [0.717, 1.165) is 24.3 Å². The van der Waals surface area contributed by atoms with Crippen LogP contribution in [0.15, 0.2) is 22.5 Å². The molecule has 0 amide bonds. The number of thiophene rings is 1. The smallest absolute Gasteiger partial charge is 0.191 e. The molecule has 1 atom stereocenters. The maximum Gasteiger partial charge on any atom is 0.191 e. The number of rotatable bonds is 4. The first-order chi connectivity index (χ1) is 8.38. The van der Waals surface area contributed by atoms with Crippen LogP contribution in [0.1, 0.15) is 17.7 Å². The number of aliphatic imine (C=N–C) groups is 1. The van der Waals surface area contributed by atoms with Gasteiger partial charge in [-0.3, -0.25) is 4.99 Å². The molecule has 1 fully saturated rings. The van der Waals surface area contributed by atoms with E-state index in [2.05, 4.69) is 44.9 Å². The van der Waals surface area contributed by atoms with Crippen molar-refractivity contribution in [3.8, 4) is 0 Å². The third kappa shape index (κ3) is 4.24. The summed E-state index contributed by atoms with van der Waals surface area (Å²) in [5.41, 5.74) is 0. The fourth-order valence-corrected chi connectivity index (χ4v) is 3.67. The van der Waals surface area contributed by atoms with Gasteiger partial charge in [-0.05, 0) is 30.0 Å². The van der Waals surface area contributed by atoms with Crippen molar-refractivity contribution < 1.29 is 0 Å². The van der Waals surface area contributed by atoms with Gasteiger partial charge < -0.3 is 10.6 Å². The minimum absolute atomic E-state index is 0.760. The van der Waals surface area contributed by atoms with Crippen molar-refractivity contribution in [2.75, 3.05) is 19.3 Å². The zero-order valence-electron chi connectivity index (χ0n) is 10.1. The normalized spacial score (nSPS) is 20.5. The van der Waals surface area contributed by atoms with E-state index in [1.165, 1.54) is 23.5 Å². The van der Waals surface area contributed by atoms with Crippen LogP contribution in [-0.2, 0) is 6.54 Å². The van der Waals surface area contributed by atoms with E-state index >= 15 is 0 Å². The van der Waals surface area contributed by atoms with Crippen LogP contribution in [0, 0.1) is 0 Å². The van der Waals surface area contributed by atoms with Crippen molar-refractivity contribution in [3.05, 3.63) is 22.4 Å². The largest absolute Gasteiger partial charge is 0.355 e. The van der Waals surface area contributed by atoms with E-state index in [1.807, 2.05) is 7.05 Å². The molecule has 1 saturated heterocycles. The quantitative estimate of drug-likeness (QED) is 0.650. The summed E-state index contributed by atoms with van der Waals surface area (Å²) in [5.74, 6) is 2.22. The van der Waals surface area contributed by atoms with Crippen molar-refractivity contribution in [3.63, 3.8) is 0 Å². The predicted molar refractivity (Wildman–Crippen MR) is 78.0 cm³/mol. The molecule has 2 N–H and O–H groups in total. The van der Waals surface area contributed by atoms with Gasteiger partial charge in [0.1, 0.15) is 0 Å². The molecule has 2 heterocycles. The molecule has 1 aromatic rings. The summed E-state index contributed by atoms with van der Waals surface area (Å²) in [6, 6.07) is 4.21. The number of thioether (sulfide) groups is 1. The van der Waals surface area contributed by atoms with Crippen LogP contribution in [0.3, 0.4) is 0 Å². The number of hydrogen-bond acceptors (Lipinski definition) is 3. The minimum atomic E-state index is 0.760. The predicted octanol–water partition coefficient (Wildman–Crippen LogP) is 2.31. The maximum atomic E-state index is 4.24. The summed E-state index contributed by atoms with van der Waals surface area (Å²) >= 11 is 3.84. The van der Waals surface area contributed by atoms with Crippen molar-refractivity contribution in [1.29, 1.82) is 0 Å². The van der Waals surface area contributed by atoms with Crippen molar-refractivity contribution in [2.24, 2.45) is 4.99 Å². The Morgan fingerprint density at radius 2 is 2.47 bits per heavy atom. The topological polar surface area (TPSA) is 36.4 Å². The van der Waals surface area contributed by atoms with Gasteiger partial charge in [0.2, 0.25) is 0 Å². The van der Waals surface area contributed by atoms with Crippen molar-refractivity contribution in [1.82, 2.24) is 10.6 Å². The summed E-state index contributed by atoms with van der Waals surface area (Å²) < 4.78 is 0. The lowest BCUT2D eigenvalue weighted by Gasteiger charge is -2.14. The molecule has 0 spiro atoms. The Morgan fingerprint density at radius 3 is 3.12 bits per heavy atom. The van der Waals surface area contributed by atoms with E-state index < -0.39 is 0 Å². The molecule has 1 aromatic heterocycles. The van der Waals surface area contributed by atoms with Gasteiger partial charge in [0.05, 0.1) is 6.54 Å². The average Bonchev–Trinajstić information content (AvgIpc) is 3.02. The highest BCUT2D eigenvalue weighted by atomic mass is 32.2. The van der Waals surface area contributed by atoms with Crippen LogP contribution in [-0.4, -0.2) is 30.6 Å². The Morgan fingerprint density at radius 1 is 1.53 bits per heavy atom. The van der Waals surface area contributed by atoms with E-state index in [1.54, 1.807) is 11.3 Å². The Balaban J connectivity index is 1.69. The van der Waals surface area contributed by atoms with Crippen LogP contribution in [0.5, 0.6) is 0 Å². The first-order valence-electron chi connectivity index (χ1n) is 5.97. The molecular formula is C12H19N3S2. The van der Waals surface area contributed by atoms with Gasteiger partial charge in [-0.25, -0.2) is 0 Å². The van der Waals surface area contributed by atoms with Crippen LogP contribution in [0.2, 0.25) is 0 Å². The van der Waals surface area contributed by atoms with Crippen LogP contribution in [0.25, 0.3) is 0 Å². The SMILES string of the molecule is CN=C(NCc1cccs1)NCC1CCCS1. The summed E-state index contributed by atoms with van der Waals surface area (Å²) in [4.78, 5) is 5.57. The van der Waals surface area contributed by atoms with Gasteiger partial charge in [0.15, 0.2) is 5.96 Å². The lowest BCUT2D eigenvalue weighted by Crippen LogP contribution is -2.39. The van der Waals surface area contributed by atoms with Gasteiger partial charge in [-0.2, -0.15) is 11.8 Å². The fourth-order valence-electron chi connectivity index (χ4n) is 1.82. The third-order valence-corrected chi connectivity index (χ3v) is 5.03. The molecule has 0 aromatic carbocycles. The second kappa shape index (κ2) is 6.91. The second-order valence-corrected chi connectivity index (χ2v) is 6.46. The van der Waals surface area contributed by atoms with E-state index in [-0.39, 0.29) is 0 Å². The molecule has 2 rings (SSSR count). The number of hydrogen-bond donors (Lipinski definition) is 2. The third-order valence-electron chi connectivity index (χ3n) is 2.75. The average molecular weight is 269 g/mol. The van der Waals surface area contributed by atoms with E-state index in [0.29, 0.717) is 0 Å². The molecule has 1 aliphatic rings. The molecule has 5 heteroatoms. The van der Waals surface area contributed by atoms with Gasteiger partial charge in [0.25, 0.3) is 0 Å². The number of nitrogens with zero attached hydrogens (tertiary/aromatic N) is 1. The van der Waals surface area contributed by atoms with E-state index in [9.17, 15) is 0 Å². The summed E-state index contributed by atoms with van der Waals surface area (Å²) in [6.07, 6.45) is 2.69. The highest BCUT2D eigenvalue weighted by molar-refractivity contribution is 8.00. The van der Waals surface area contributed by atoms with E-state index in [4.69, 9.17) is 0 Å². The first-order valence-corrected chi connectivity index (χ1v) is 7.90. The second-order valence-electron chi connectivity index (χ2n) is 4.02. The Kier molecular flexibility index (Phi) is 5.19. The molecule has 0 bridgehead atoms. The zero-order chi connectivity index (χ0) is 11.9. The first kappa shape index (κ1) is 12.8. The summed E-state index contributed by atoms with van der Waals surface area (Å²) in [7, 11) is 1.82. The standard InChI is InChI=1S/C12H19N3S2/c1-13-12(14-8-10-4-2-6-16-10)15-9-11-5-3-7-17-11/h2,4,6,11H,3,5,7-9H2,1H3,(H2,13,14,15). The monoisotopic (exact) mass is 269 g/mol. The minimum Gasteiger partial charge on any atom is -0.355 e.